The normalized spacial score (nSPS) is 23.7. The fraction of sp³-hybridized carbons (Fsp3) is 0.462. The number of nitrogens with two attached hydrogens (primary N) is 1. The highest BCUT2D eigenvalue weighted by Gasteiger charge is 2.27. The first-order valence-corrected chi connectivity index (χ1v) is 5.69. The minimum atomic E-state index is 0.0173. The van der Waals surface area contributed by atoms with Crippen LogP contribution in [0.5, 0.6) is 0 Å². The summed E-state index contributed by atoms with van der Waals surface area (Å²) in [5.41, 5.74) is 8.67. The van der Waals surface area contributed by atoms with Gasteiger partial charge in [0.25, 0.3) is 5.91 Å². The summed E-state index contributed by atoms with van der Waals surface area (Å²) in [4.78, 5) is 11.9. The molecule has 3 N–H and O–H groups in total. The quantitative estimate of drug-likeness (QED) is 0.790. The summed E-state index contributed by atoms with van der Waals surface area (Å²) in [6.07, 6.45) is 1.80. The van der Waals surface area contributed by atoms with Crippen LogP contribution in [0.3, 0.4) is 0 Å². The first-order valence-electron chi connectivity index (χ1n) is 5.69. The molecule has 0 bridgehead atoms. The number of aryl methyl sites for hydroxylation is 2. The maximum Gasteiger partial charge on any atom is 0.251 e. The number of hydrogen-bond donors (Lipinski definition) is 2. The van der Waals surface area contributed by atoms with Gasteiger partial charge < -0.3 is 11.1 Å². The lowest BCUT2D eigenvalue weighted by Crippen LogP contribution is -2.50. The van der Waals surface area contributed by atoms with Crippen LogP contribution in [0.15, 0.2) is 18.2 Å². The Morgan fingerprint density at radius 2 is 1.81 bits per heavy atom. The lowest BCUT2D eigenvalue weighted by atomic mass is 9.87. The molecule has 1 aromatic carbocycles. The number of carbonyl (C=O) groups excluding carboxylic acids is 1. The number of benzene rings is 1. The van der Waals surface area contributed by atoms with Crippen LogP contribution in [0.1, 0.15) is 34.3 Å². The van der Waals surface area contributed by atoms with Crippen molar-refractivity contribution >= 4 is 5.91 Å². The largest absolute Gasteiger partial charge is 0.349 e. The van der Waals surface area contributed by atoms with Crippen LogP contribution in [0, 0.1) is 13.8 Å². The first kappa shape index (κ1) is 11.1. The summed E-state index contributed by atoms with van der Waals surface area (Å²) in [6.45, 7) is 4.01. The molecule has 1 aliphatic rings. The van der Waals surface area contributed by atoms with E-state index in [1.807, 2.05) is 26.0 Å². The van der Waals surface area contributed by atoms with Crippen molar-refractivity contribution in [2.45, 2.75) is 38.8 Å². The highest BCUT2D eigenvalue weighted by Crippen LogP contribution is 2.18. The fourth-order valence-electron chi connectivity index (χ4n) is 2.15. The number of hydrogen-bond acceptors (Lipinski definition) is 2. The minimum absolute atomic E-state index is 0.0173. The Morgan fingerprint density at radius 3 is 2.31 bits per heavy atom. The highest BCUT2D eigenvalue weighted by atomic mass is 16.1. The third-order valence-corrected chi connectivity index (χ3v) is 2.99. The SMILES string of the molecule is Cc1cc(C)cc(C(=O)NC2CC(N)C2)c1. The molecular formula is C13H18N2O. The van der Waals surface area contributed by atoms with Crippen LogP contribution in [-0.2, 0) is 0 Å². The minimum Gasteiger partial charge on any atom is -0.349 e. The maximum atomic E-state index is 11.9. The van der Waals surface area contributed by atoms with Gasteiger partial charge in [-0.2, -0.15) is 0 Å². The predicted molar refractivity (Wildman–Crippen MR) is 64.4 cm³/mol. The van der Waals surface area contributed by atoms with E-state index in [1.165, 1.54) is 0 Å². The standard InChI is InChI=1S/C13H18N2O/c1-8-3-9(2)5-10(4-8)13(16)15-12-6-11(14)7-12/h3-5,11-12H,6-7,14H2,1-2H3,(H,15,16). The van der Waals surface area contributed by atoms with Crippen LogP contribution in [0.25, 0.3) is 0 Å². The average molecular weight is 218 g/mol. The second-order valence-electron chi connectivity index (χ2n) is 4.78. The van der Waals surface area contributed by atoms with Crippen molar-refractivity contribution in [3.05, 3.63) is 34.9 Å². The molecule has 1 aromatic rings. The van der Waals surface area contributed by atoms with E-state index in [0.29, 0.717) is 0 Å². The second kappa shape index (κ2) is 4.26. The lowest BCUT2D eigenvalue weighted by Gasteiger charge is -2.33. The Morgan fingerprint density at radius 1 is 1.25 bits per heavy atom. The van der Waals surface area contributed by atoms with Crippen LogP contribution >= 0.6 is 0 Å². The van der Waals surface area contributed by atoms with Crippen LogP contribution in [-0.4, -0.2) is 18.0 Å². The molecule has 16 heavy (non-hydrogen) atoms. The van der Waals surface area contributed by atoms with Gasteiger partial charge in [-0.25, -0.2) is 0 Å². The van der Waals surface area contributed by atoms with Crippen molar-refractivity contribution in [3.8, 4) is 0 Å². The molecule has 86 valence electrons. The summed E-state index contributed by atoms with van der Waals surface area (Å²) in [6, 6.07) is 6.44. The first-order chi connectivity index (χ1) is 7.54. The fourth-order valence-corrected chi connectivity index (χ4v) is 2.15. The van der Waals surface area contributed by atoms with Crippen molar-refractivity contribution < 1.29 is 4.79 Å². The third-order valence-electron chi connectivity index (χ3n) is 2.99. The lowest BCUT2D eigenvalue weighted by molar-refractivity contribution is 0.0910. The zero-order valence-electron chi connectivity index (χ0n) is 9.79. The number of carbonyl (C=O) groups is 1. The molecule has 0 radical (unpaired) electrons. The molecular weight excluding hydrogens is 200 g/mol. The summed E-state index contributed by atoms with van der Waals surface area (Å²) < 4.78 is 0. The average Bonchev–Trinajstić information content (AvgIpc) is 2.13. The molecule has 0 unspecified atom stereocenters. The zero-order chi connectivity index (χ0) is 11.7. The van der Waals surface area contributed by atoms with Gasteiger partial charge in [-0.15, -0.1) is 0 Å². The monoisotopic (exact) mass is 218 g/mol. The Kier molecular flexibility index (Phi) is 2.97. The summed E-state index contributed by atoms with van der Waals surface area (Å²) in [5, 5.41) is 3.00. The van der Waals surface area contributed by atoms with Gasteiger partial charge >= 0.3 is 0 Å². The number of amides is 1. The van der Waals surface area contributed by atoms with E-state index < -0.39 is 0 Å². The van der Waals surface area contributed by atoms with Crippen LogP contribution in [0.2, 0.25) is 0 Å². The van der Waals surface area contributed by atoms with E-state index in [0.717, 1.165) is 29.5 Å². The molecule has 0 aliphatic heterocycles. The Hall–Kier alpha value is -1.35. The van der Waals surface area contributed by atoms with Gasteiger partial charge in [0.1, 0.15) is 0 Å². The molecule has 0 spiro atoms. The molecule has 1 amide bonds. The van der Waals surface area contributed by atoms with E-state index >= 15 is 0 Å². The van der Waals surface area contributed by atoms with E-state index in [1.54, 1.807) is 0 Å². The van der Waals surface area contributed by atoms with Crippen molar-refractivity contribution in [1.29, 1.82) is 0 Å². The van der Waals surface area contributed by atoms with Crippen molar-refractivity contribution in [1.82, 2.24) is 5.32 Å². The Bertz CT molecular complexity index is 388. The molecule has 0 atom stereocenters. The highest BCUT2D eigenvalue weighted by molar-refractivity contribution is 5.94. The van der Waals surface area contributed by atoms with Crippen LogP contribution in [0.4, 0.5) is 0 Å². The molecule has 3 nitrogen and oxygen atoms in total. The second-order valence-corrected chi connectivity index (χ2v) is 4.78. The van der Waals surface area contributed by atoms with Gasteiger partial charge in [-0.1, -0.05) is 17.2 Å². The molecule has 0 saturated heterocycles. The summed E-state index contributed by atoms with van der Waals surface area (Å²) in [7, 11) is 0. The Balaban J connectivity index is 2.03. The van der Waals surface area contributed by atoms with Crippen LogP contribution < -0.4 is 11.1 Å². The third kappa shape index (κ3) is 2.42. The topological polar surface area (TPSA) is 55.1 Å². The predicted octanol–water partition coefficient (Wildman–Crippen LogP) is 1.52. The maximum absolute atomic E-state index is 11.9. The molecule has 2 rings (SSSR count). The van der Waals surface area contributed by atoms with Gasteiger partial charge in [0.2, 0.25) is 0 Å². The number of nitrogens with one attached hydrogen (secondary N) is 1. The molecule has 1 fully saturated rings. The van der Waals surface area contributed by atoms with Crippen molar-refractivity contribution in [2.24, 2.45) is 5.73 Å². The molecule has 0 heterocycles. The summed E-state index contributed by atoms with van der Waals surface area (Å²) in [5.74, 6) is 0.0173. The van der Waals surface area contributed by atoms with Crippen molar-refractivity contribution in [3.63, 3.8) is 0 Å². The summed E-state index contributed by atoms with van der Waals surface area (Å²) >= 11 is 0. The molecule has 0 aromatic heterocycles. The molecule has 1 aliphatic carbocycles. The van der Waals surface area contributed by atoms with Gasteiger partial charge in [0, 0.05) is 17.6 Å². The smallest absolute Gasteiger partial charge is 0.251 e. The number of rotatable bonds is 2. The van der Waals surface area contributed by atoms with E-state index in [2.05, 4.69) is 11.4 Å². The van der Waals surface area contributed by atoms with Gasteiger partial charge in [0.15, 0.2) is 0 Å². The molecule has 3 heteroatoms. The zero-order valence-corrected chi connectivity index (χ0v) is 9.79. The van der Waals surface area contributed by atoms with E-state index in [9.17, 15) is 4.79 Å². The van der Waals surface area contributed by atoms with Gasteiger partial charge in [0.05, 0.1) is 0 Å². The van der Waals surface area contributed by atoms with Gasteiger partial charge in [-0.05, 0) is 38.8 Å². The van der Waals surface area contributed by atoms with Crippen molar-refractivity contribution in [2.75, 3.05) is 0 Å². The Labute approximate surface area is 96.0 Å². The molecule has 1 saturated carbocycles. The van der Waals surface area contributed by atoms with E-state index in [4.69, 9.17) is 5.73 Å². The van der Waals surface area contributed by atoms with Gasteiger partial charge in [-0.3, -0.25) is 4.79 Å². The van der Waals surface area contributed by atoms with E-state index in [-0.39, 0.29) is 18.0 Å².